The van der Waals surface area contributed by atoms with Gasteiger partial charge in [-0.05, 0) is 35.1 Å². The fourth-order valence-corrected chi connectivity index (χ4v) is 5.45. The van der Waals surface area contributed by atoms with Gasteiger partial charge in [-0.2, -0.15) is 0 Å². The molecule has 1 saturated heterocycles. The lowest BCUT2D eigenvalue weighted by Crippen LogP contribution is -2.52. The molecule has 0 bridgehead atoms. The first-order valence-corrected chi connectivity index (χ1v) is 11.5. The van der Waals surface area contributed by atoms with Crippen molar-refractivity contribution in [2.24, 2.45) is 0 Å². The second kappa shape index (κ2) is 9.12. The van der Waals surface area contributed by atoms with E-state index in [0.29, 0.717) is 0 Å². The maximum absolute atomic E-state index is 11.6. The maximum Gasteiger partial charge on any atom is 0.0976 e. The monoisotopic (exact) mass is 419 g/mol. The third-order valence-electron chi connectivity index (χ3n) is 6.81. The summed E-state index contributed by atoms with van der Waals surface area (Å²) < 4.78 is 0. The summed E-state index contributed by atoms with van der Waals surface area (Å²) in [7, 11) is 0. The van der Waals surface area contributed by atoms with Gasteiger partial charge in [0, 0.05) is 12.6 Å². The van der Waals surface area contributed by atoms with Gasteiger partial charge in [0.25, 0.3) is 0 Å². The Hall–Kier alpha value is -3.20. The molecule has 0 aromatic heterocycles. The number of aliphatic hydroxyl groups excluding tert-OH is 1. The summed E-state index contributed by atoms with van der Waals surface area (Å²) in [6.07, 6.45) is 1.47. The quantitative estimate of drug-likeness (QED) is 0.377. The number of rotatable bonds is 6. The van der Waals surface area contributed by atoms with Crippen LogP contribution < -0.4 is 0 Å². The van der Waals surface area contributed by atoms with E-state index in [1.54, 1.807) is 0 Å². The van der Waals surface area contributed by atoms with E-state index in [4.69, 9.17) is 0 Å². The molecule has 2 nitrogen and oxygen atoms in total. The summed E-state index contributed by atoms with van der Waals surface area (Å²) in [6.45, 7) is 0.924. The van der Waals surface area contributed by atoms with Crippen LogP contribution in [-0.2, 0) is 5.54 Å². The molecule has 0 unspecified atom stereocenters. The van der Waals surface area contributed by atoms with E-state index in [-0.39, 0.29) is 6.04 Å². The van der Waals surface area contributed by atoms with E-state index in [1.807, 2.05) is 30.3 Å². The maximum atomic E-state index is 11.6. The van der Waals surface area contributed by atoms with Gasteiger partial charge in [0.05, 0.1) is 11.6 Å². The summed E-state index contributed by atoms with van der Waals surface area (Å²) in [5.41, 5.74) is 4.17. The molecule has 0 radical (unpaired) electrons. The lowest BCUT2D eigenvalue weighted by atomic mass is 9.74. The molecule has 0 spiro atoms. The predicted molar refractivity (Wildman–Crippen MR) is 130 cm³/mol. The van der Waals surface area contributed by atoms with Crippen molar-refractivity contribution in [3.05, 3.63) is 144 Å². The van der Waals surface area contributed by atoms with E-state index in [9.17, 15) is 5.11 Å². The number of aliphatic hydroxyl groups is 1. The van der Waals surface area contributed by atoms with Crippen LogP contribution in [0.2, 0.25) is 0 Å². The van der Waals surface area contributed by atoms with Crippen LogP contribution in [0.15, 0.2) is 121 Å². The summed E-state index contributed by atoms with van der Waals surface area (Å²) in [6, 6.07) is 42.4. The Kier molecular flexibility index (Phi) is 5.89. The standard InChI is InChI=1S/C30H29NO/c32-29(24-14-5-1-6-15-24)28-22-13-23-31(28)30(25-16-7-2-8-17-25,26-18-9-3-10-19-26)27-20-11-4-12-21-27/h1-12,14-21,28-29,32H,13,22-23H2/t28-,29+/m1/s1. The Balaban J connectivity index is 1.74. The van der Waals surface area contributed by atoms with Crippen LogP contribution in [0.1, 0.15) is 41.2 Å². The fourth-order valence-electron chi connectivity index (χ4n) is 5.45. The van der Waals surface area contributed by atoms with Crippen molar-refractivity contribution in [1.29, 1.82) is 0 Å². The molecule has 1 fully saturated rings. The van der Waals surface area contributed by atoms with Crippen LogP contribution in [0, 0.1) is 0 Å². The van der Waals surface area contributed by atoms with Crippen LogP contribution in [0.3, 0.4) is 0 Å². The Morgan fingerprint density at radius 3 is 1.47 bits per heavy atom. The minimum Gasteiger partial charge on any atom is -0.387 e. The molecule has 1 aliphatic heterocycles. The SMILES string of the molecule is O[C@@H](c1ccccc1)[C@H]1CCCN1C(c1ccccc1)(c1ccccc1)c1ccccc1. The highest BCUT2D eigenvalue weighted by Crippen LogP contribution is 2.47. The first-order chi connectivity index (χ1) is 15.8. The summed E-state index contributed by atoms with van der Waals surface area (Å²) in [5, 5.41) is 11.6. The Morgan fingerprint density at radius 1 is 0.625 bits per heavy atom. The molecule has 0 saturated carbocycles. The van der Waals surface area contributed by atoms with E-state index in [0.717, 1.165) is 24.9 Å². The highest BCUT2D eigenvalue weighted by molar-refractivity contribution is 5.50. The van der Waals surface area contributed by atoms with E-state index >= 15 is 0 Å². The number of nitrogens with zero attached hydrogens (tertiary/aromatic N) is 1. The first-order valence-electron chi connectivity index (χ1n) is 11.5. The zero-order valence-electron chi connectivity index (χ0n) is 18.2. The molecule has 2 heteroatoms. The molecule has 2 atom stereocenters. The van der Waals surface area contributed by atoms with E-state index < -0.39 is 11.6 Å². The van der Waals surface area contributed by atoms with Crippen molar-refractivity contribution in [2.75, 3.05) is 6.54 Å². The third-order valence-corrected chi connectivity index (χ3v) is 6.81. The summed E-state index contributed by atoms with van der Waals surface area (Å²) in [4.78, 5) is 2.55. The van der Waals surface area contributed by atoms with Crippen molar-refractivity contribution in [1.82, 2.24) is 4.90 Å². The summed E-state index contributed by atoms with van der Waals surface area (Å²) in [5.74, 6) is 0. The zero-order chi connectivity index (χ0) is 21.8. The Morgan fingerprint density at radius 2 is 1.03 bits per heavy atom. The van der Waals surface area contributed by atoms with Crippen molar-refractivity contribution in [3.8, 4) is 0 Å². The average molecular weight is 420 g/mol. The number of likely N-dealkylation sites (tertiary alicyclic amines) is 1. The van der Waals surface area contributed by atoms with Crippen LogP contribution in [0.5, 0.6) is 0 Å². The van der Waals surface area contributed by atoms with Gasteiger partial charge in [-0.25, -0.2) is 0 Å². The number of hydrogen-bond acceptors (Lipinski definition) is 2. The number of hydrogen-bond donors (Lipinski definition) is 1. The lowest BCUT2D eigenvalue weighted by molar-refractivity contribution is 0.0325. The minimum atomic E-state index is -0.547. The topological polar surface area (TPSA) is 23.5 Å². The van der Waals surface area contributed by atoms with Gasteiger partial charge in [0.1, 0.15) is 0 Å². The van der Waals surface area contributed by atoms with Crippen LogP contribution in [0.4, 0.5) is 0 Å². The van der Waals surface area contributed by atoms with E-state index in [1.165, 1.54) is 16.7 Å². The molecular weight excluding hydrogens is 390 g/mol. The first kappa shape index (κ1) is 20.7. The van der Waals surface area contributed by atoms with Gasteiger partial charge < -0.3 is 5.11 Å². The van der Waals surface area contributed by atoms with E-state index in [2.05, 4.69) is 95.9 Å². The lowest BCUT2D eigenvalue weighted by Gasteiger charge is -2.47. The molecule has 4 aromatic carbocycles. The molecule has 1 aliphatic rings. The van der Waals surface area contributed by atoms with Gasteiger partial charge in [-0.3, -0.25) is 4.90 Å². The van der Waals surface area contributed by atoms with Gasteiger partial charge in [0.2, 0.25) is 0 Å². The summed E-state index contributed by atoms with van der Waals surface area (Å²) >= 11 is 0. The second-order valence-electron chi connectivity index (χ2n) is 8.57. The number of benzene rings is 4. The van der Waals surface area contributed by atoms with Crippen LogP contribution >= 0.6 is 0 Å². The Bertz CT molecular complexity index is 1020. The molecule has 160 valence electrons. The van der Waals surface area contributed by atoms with Gasteiger partial charge >= 0.3 is 0 Å². The molecule has 1 N–H and O–H groups in total. The zero-order valence-corrected chi connectivity index (χ0v) is 18.2. The van der Waals surface area contributed by atoms with Crippen molar-refractivity contribution in [2.45, 2.75) is 30.5 Å². The smallest absolute Gasteiger partial charge is 0.0976 e. The molecule has 5 rings (SSSR count). The largest absolute Gasteiger partial charge is 0.387 e. The van der Waals surface area contributed by atoms with Gasteiger partial charge in [-0.1, -0.05) is 121 Å². The highest BCUT2D eigenvalue weighted by Gasteiger charge is 2.48. The molecule has 0 aliphatic carbocycles. The second-order valence-corrected chi connectivity index (χ2v) is 8.57. The minimum absolute atomic E-state index is 0.0121. The normalized spacial score (nSPS) is 17.8. The fraction of sp³-hybridized carbons (Fsp3) is 0.200. The van der Waals surface area contributed by atoms with Crippen molar-refractivity contribution < 1.29 is 5.11 Å². The molecule has 0 amide bonds. The van der Waals surface area contributed by atoms with Crippen LogP contribution in [0.25, 0.3) is 0 Å². The highest BCUT2D eigenvalue weighted by atomic mass is 16.3. The van der Waals surface area contributed by atoms with Gasteiger partial charge in [-0.15, -0.1) is 0 Å². The van der Waals surface area contributed by atoms with Crippen molar-refractivity contribution >= 4 is 0 Å². The average Bonchev–Trinajstić information content (AvgIpc) is 3.37. The predicted octanol–water partition coefficient (Wildman–Crippen LogP) is 6.18. The van der Waals surface area contributed by atoms with Crippen molar-refractivity contribution in [3.63, 3.8) is 0 Å². The molecule has 1 heterocycles. The molecule has 4 aromatic rings. The molecular formula is C30H29NO. The van der Waals surface area contributed by atoms with Crippen LogP contribution in [-0.4, -0.2) is 22.6 Å². The third kappa shape index (κ3) is 3.56. The van der Waals surface area contributed by atoms with Gasteiger partial charge in [0.15, 0.2) is 0 Å². The Labute approximate surface area is 190 Å². The molecule has 32 heavy (non-hydrogen) atoms.